The van der Waals surface area contributed by atoms with Crippen LogP contribution in [0.15, 0.2) is 18.2 Å². The number of hydrogen-bond acceptors (Lipinski definition) is 4. The van der Waals surface area contributed by atoms with Crippen molar-refractivity contribution >= 4 is 17.0 Å². The minimum Gasteiger partial charge on any atom is -0.395 e. The predicted molar refractivity (Wildman–Crippen MR) is 69.8 cm³/mol. The fraction of sp³-hybridized carbons (Fsp3) is 0.462. The number of aliphatic hydroxyl groups excluding tert-OH is 1. The Hall–Kier alpha value is -1.66. The zero-order valence-electron chi connectivity index (χ0n) is 10.5. The lowest BCUT2D eigenvalue weighted by atomic mass is 10.3. The van der Waals surface area contributed by atoms with Crippen LogP contribution in [0.5, 0.6) is 0 Å². The van der Waals surface area contributed by atoms with Crippen molar-refractivity contribution < 1.29 is 14.2 Å². The van der Waals surface area contributed by atoms with Gasteiger partial charge in [-0.15, -0.1) is 0 Å². The van der Waals surface area contributed by atoms with Crippen molar-refractivity contribution in [2.45, 2.75) is 6.54 Å². The highest BCUT2D eigenvalue weighted by Crippen LogP contribution is 2.24. The number of anilines is 1. The van der Waals surface area contributed by atoms with Crippen LogP contribution in [0.3, 0.4) is 0 Å². The topological polar surface area (TPSA) is 50.5 Å². The molecule has 0 amide bonds. The predicted octanol–water partition coefficient (Wildman–Crippen LogP) is 1.00. The molecule has 102 valence electrons. The van der Waals surface area contributed by atoms with Crippen LogP contribution in [0, 0.1) is 5.82 Å². The van der Waals surface area contributed by atoms with E-state index in [4.69, 9.17) is 4.74 Å². The van der Waals surface area contributed by atoms with E-state index in [1.54, 1.807) is 6.07 Å². The molecule has 1 fully saturated rings. The Kier molecular flexibility index (Phi) is 3.35. The first-order valence-corrected chi connectivity index (χ1v) is 6.39. The van der Waals surface area contributed by atoms with E-state index in [0.29, 0.717) is 25.3 Å². The van der Waals surface area contributed by atoms with E-state index in [1.165, 1.54) is 12.1 Å². The normalized spacial score (nSPS) is 16.2. The Morgan fingerprint density at radius 2 is 2.11 bits per heavy atom. The van der Waals surface area contributed by atoms with Gasteiger partial charge >= 0.3 is 0 Å². The van der Waals surface area contributed by atoms with Gasteiger partial charge in [0.1, 0.15) is 5.82 Å². The van der Waals surface area contributed by atoms with Crippen LogP contribution in [-0.2, 0) is 11.3 Å². The van der Waals surface area contributed by atoms with Gasteiger partial charge in [0.15, 0.2) is 0 Å². The quantitative estimate of drug-likeness (QED) is 0.899. The van der Waals surface area contributed by atoms with Crippen LogP contribution in [0.1, 0.15) is 0 Å². The van der Waals surface area contributed by atoms with Crippen molar-refractivity contribution in [3.8, 4) is 0 Å². The van der Waals surface area contributed by atoms with E-state index < -0.39 is 0 Å². The number of nitrogens with zero attached hydrogens (tertiary/aromatic N) is 3. The molecule has 0 atom stereocenters. The van der Waals surface area contributed by atoms with Gasteiger partial charge in [-0.25, -0.2) is 9.37 Å². The van der Waals surface area contributed by atoms with Crippen LogP contribution < -0.4 is 4.90 Å². The fourth-order valence-corrected chi connectivity index (χ4v) is 2.42. The molecule has 1 aliphatic heterocycles. The van der Waals surface area contributed by atoms with Gasteiger partial charge in [-0.05, 0) is 12.1 Å². The van der Waals surface area contributed by atoms with Gasteiger partial charge in [-0.2, -0.15) is 0 Å². The summed E-state index contributed by atoms with van der Waals surface area (Å²) >= 11 is 0. The molecular weight excluding hydrogens is 249 g/mol. The maximum absolute atomic E-state index is 13.3. The van der Waals surface area contributed by atoms with Crippen LogP contribution in [0.25, 0.3) is 11.0 Å². The van der Waals surface area contributed by atoms with Gasteiger partial charge in [-0.1, -0.05) is 0 Å². The maximum Gasteiger partial charge on any atom is 0.206 e. The molecule has 1 aromatic heterocycles. The molecule has 2 aromatic rings. The summed E-state index contributed by atoms with van der Waals surface area (Å²) in [6.07, 6.45) is 0. The van der Waals surface area contributed by atoms with Gasteiger partial charge in [0.25, 0.3) is 0 Å². The molecule has 5 nitrogen and oxygen atoms in total. The van der Waals surface area contributed by atoms with Crippen LogP contribution in [0.4, 0.5) is 10.3 Å². The molecule has 1 aromatic carbocycles. The largest absolute Gasteiger partial charge is 0.395 e. The first-order chi connectivity index (χ1) is 9.29. The molecule has 1 aliphatic rings. The lowest BCUT2D eigenvalue weighted by Crippen LogP contribution is -2.38. The minimum absolute atomic E-state index is 0.0280. The fourth-order valence-electron chi connectivity index (χ4n) is 2.42. The van der Waals surface area contributed by atoms with Gasteiger partial charge in [0.2, 0.25) is 5.95 Å². The third-order valence-corrected chi connectivity index (χ3v) is 3.31. The molecule has 0 spiro atoms. The monoisotopic (exact) mass is 265 g/mol. The molecule has 19 heavy (non-hydrogen) atoms. The van der Waals surface area contributed by atoms with E-state index in [1.807, 2.05) is 4.57 Å². The number of morpholine rings is 1. The standard InChI is InChI=1S/C13H16FN3O2/c14-10-1-2-12-11(9-10)15-13(17(12)3-6-18)16-4-7-19-8-5-16/h1-2,9,18H,3-8H2. The second-order valence-corrected chi connectivity index (χ2v) is 4.52. The summed E-state index contributed by atoms with van der Waals surface area (Å²) in [5.41, 5.74) is 1.46. The second kappa shape index (κ2) is 5.14. The van der Waals surface area contributed by atoms with Gasteiger partial charge in [0, 0.05) is 25.7 Å². The number of ether oxygens (including phenoxy) is 1. The number of benzene rings is 1. The smallest absolute Gasteiger partial charge is 0.206 e. The SMILES string of the molecule is OCCn1c(N2CCOCC2)nc2cc(F)ccc21. The lowest BCUT2D eigenvalue weighted by molar-refractivity contribution is 0.121. The lowest BCUT2D eigenvalue weighted by Gasteiger charge is -2.28. The van der Waals surface area contributed by atoms with Crippen LogP contribution >= 0.6 is 0 Å². The summed E-state index contributed by atoms with van der Waals surface area (Å²) in [6, 6.07) is 4.55. The first-order valence-electron chi connectivity index (χ1n) is 6.39. The number of aromatic nitrogens is 2. The van der Waals surface area contributed by atoms with Crippen molar-refractivity contribution in [2.75, 3.05) is 37.8 Å². The summed E-state index contributed by atoms with van der Waals surface area (Å²) in [5, 5.41) is 9.21. The number of imidazole rings is 1. The first kappa shape index (κ1) is 12.4. The minimum atomic E-state index is -0.297. The van der Waals surface area contributed by atoms with Crippen LogP contribution in [-0.4, -0.2) is 47.6 Å². The Bertz CT molecular complexity index is 579. The average Bonchev–Trinajstić information content (AvgIpc) is 2.78. The summed E-state index contributed by atoms with van der Waals surface area (Å²) < 4.78 is 20.5. The van der Waals surface area contributed by atoms with E-state index in [0.717, 1.165) is 24.6 Å². The maximum atomic E-state index is 13.3. The van der Waals surface area contributed by atoms with Crippen LogP contribution in [0.2, 0.25) is 0 Å². The number of fused-ring (bicyclic) bond motifs is 1. The zero-order chi connectivity index (χ0) is 13.2. The summed E-state index contributed by atoms with van der Waals surface area (Å²) in [6.45, 7) is 3.33. The molecular formula is C13H16FN3O2. The Labute approximate surface area is 110 Å². The highest BCUT2D eigenvalue weighted by molar-refractivity contribution is 5.79. The summed E-state index contributed by atoms with van der Waals surface area (Å²) in [5.74, 6) is 0.479. The van der Waals surface area contributed by atoms with Crippen molar-refractivity contribution in [1.82, 2.24) is 9.55 Å². The molecule has 0 unspecified atom stereocenters. The molecule has 1 saturated heterocycles. The highest BCUT2D eigenvalue weighted by atomic mass is 19.1. The molecule has 6 heteroatoms. The van der Waals surface area contributed by atoms with E-state index in [9.17, 15) is 9.50 Å². The molecule has 0 saturated carbocycles. The molecule has 1 N–H and O–H groups in total. The average molecular weight is 265 g/mol. The third kappa shape index (κ3) is 2.29. The van der Waals surface area contributed by atoms with Gasteiger partial charge in [-0.3, -0.25) is 0 Å². The van der Waals surface area contributed by atoms with E-state index >= 15 is 0 Å². The molecule has 0 aliphatic carbocycles. The Morgan fingerprint density at radius 3 is 2.84 bits per heavy atom. The second-order valence-electron chi connectivity index (χ2n) is 4.52. The Morgan fingerprint density at radius 1 is 1.32 bits per heavy atom. The molecule has 0 radical (unpaired) electrons. The number of halogens is 1. The van der Waals surface area contributed by atoms with Gasteiger partial charge < -0.3 is 19.3 Å². The van der Waals surface area contributed by atoms with Crippen molar-refractivity contribution in [2.24, 2.45) is 0 Å². The summed E-state index contributed by atoms with van der Waals surface area (Å²) in [4.78, 5) is 6.61. The zero-order valence-corrected chi connectivity index (χ0v) is 10.5. The Balaban J connectivity index is 2.08. The van der Waals surface area contributed by atoms with Crippen molar-refractivity contribution in [1.29, 1.82) is 0 Å². The number of rotatable bonds is 3. The van der Waals surface area contributed by atoms with Gasteiger partial charge in [0.05, 0.1) is 30.9 Å². The van der Waals surface area contributed by atoms with Crippen molar-refractivity contribution in [3.05, 3.63) is 24.0 Å². The molecule has 3 rings (SSSR count). The summed E-state index contributed by atoms with van der Waals surface area (Å²) in [7, 11) is 0. The third-order valence-electron chi connectivity index (χ3n) is 3.31. The van der Waals surface area contributed by atoms with Crippen molar-refractivity contribution in [3.63, 3.8) is 0 Å². The van der Waals surface area contributed by atoms with E-state index in [2.05, 4.69) is 9.88 Å². The van der Waals surface area contributed by atoms with E-state index in [-0.39, 0.29) is 12.4 Å². The molecule has 0 bridgehead atoms. The molecule has 2 heterocycles. The number of hydrogen-bond donors (Lipinski definition) is 1. The number of aliphatic hydroxyl groups is 1. The highest BCUT2D eigenvalue weighted by Gasteiger charge is 2.19.